The van der Waals surface area contributed by atoms with Crippen molar-refractivity contribution in [3.8, 4) is 5.75 Å². The minimum atomic E-state index is -0.283. The third kappa shape index (κ3) is 6.62. The summed E-state index contributed by atoms with van der Waals surface area (Å²) in [5, 5.41) is 5.55. The van der Waals surface area contributed by atoms with E-state index in [2.05, 4.69) is 10.6 Å². The highest BCUT2D eigenvalue weighted by molar-refractivity contribution is 6.05. The molecule has 0 unspecified atom stereocenters. The lowest BCUT2D eigenvalue weighted by Gasteiger charge is -2.18. The van der Waals surface area contributed by atoms with Gasteiger partial charge in [0.1, 0.15) is 5.75 Å². The molecule has 2 aromatic carbocycles. The number of rotatable bonds is 8. The van der Waals surface area contributed by atoms with Crippen molar-refractivity contribution in [3.63, 3.8) is 0 Å². The largest absolute Gasteiger partial charge is 0.495 e. The highest BCUT2D eigenvalue weighted by Crippen LogP contribution is 2.23. The van der Waals surface area contributed by atoms with Crippen molar-refractivity contribution >= 4 is 29.1 Å². The predicted molar refractivity (Wildman–Crippen MR) is 112 cm³/mol. The van der Waals surface area contributed by atoms with E-state index >= 15 is 0 Å². The van der Waals surface area contributed by atoms with E-state index in [4.69, 9.17) is 4.74 Å². The number of carbonyl (C=O) groups is 3. The van der Waals surface area contributed by atoms with Crippen molar-refractivity contribution in [3.05, 3.63) is 54.1 Å². The number of nitrogens with one attached hydrogen (secondary N) is 2. The van der Waals surface area contributed by atoms with E-state index in [1.807, 2.05) is 6.07 Å². The highest BCUT2D eigenvalue weighted by atomic mass is 16.5. The molecule has 29 heavy (non-hydrogen) atoms. The van der Waals surface area contributed by atoms with Gasteiger partial charge in [0, 0.05) is 25.3 Å². The van der Waals surface area contributed by atoms with Crippen molar-refractivity contribution in [2.75, 3.05) is 52.0 Å². The van der Waals surface area contributed by atoms with Gasteiger partial charge in [0.25, 0.3) is 5.91 Å². The number of hydrogen-bond donors (Lipinski definition) is 2. The fourth-order valence-electron chi connectivity index (χ4n) is 2.52. The summed E-state index contributed by atoms with van der Waals surface area (Å²) in [7, 11) is 6.58. The molecular weight excluding hydrogens is 372 g/mol. The summed E-state index contributed by atoms with van der Waals surface area (Å²) in [4.78, 5) is 39.3. The lowest BCUT2D eigenvalue weighted by atomic mass is 10.2. The summed E-state index contributed by atoms with van der Waals surface area (Å²) < 4.78 is 5.22. The zero-order valence-corrected chi connectivity index (χ0v) is 17.1. The first-order valence-electron chi connectivity index (χ1n) is 9.03. The van der Waals surface area contributed by atoms with Gasteiger partial charge in [0.05, 0.1) is 25.9 Å². The van der Waals surface area contributed by atoms with Crippen LogP contribution in [0.4, 0.5) is 11.4 Å². The van der Waals surface area contributed by atoms with E-state index < -0.39 is 0 Å². The number of para-hydroxylation sites is 2. The Bertz CT molecular complexity index is 865. The lowest BCUT2D eigenvalue weighted by molar-refractivity contribution is -0.130. The molecule has 154 valence electrons. The maximum atomic E-state index is 12.4. The summed E-state index contributed by atoms with van der Waals surface area (Å²) in [6.07, 6.45) is 0. The molecular formula is C21H26N4O4. The molecule has 0 aromatic heterocycles. The third-order valence-electron chi connectivity index (χ3n) is 4.10. The first kappa shape index (κ1) is 21.9. The second-order valence-corrected chi connectivity index (χ2v) is 6.74. The highest BCUT2D eigenvalue weighted by Gasteiger charge is 2.13. The SMILES string of the molecule is COc1ccccc1NC(=O)c1ccc(NC(=O)CN(C)CC(=O)N(C)C)cc1. The van der Waals surface area contributed by atoms with Gasteiger partial charge in [-0.15, -0.1) is 0 Å². The second-order valence-electron chi connectivity index (χ2n) is 6.74. The molecule has 0 aliphatic rings. The quantitative estimate of drug-likeness (QED) is 0.709. The van der Waals surface area contributed by atoms with E-state index in [0.717, 1.165) is 0 Å². The zero-order chi connectivity index (χ0) is 21.4. The Morgan fingerprint density at radius 2 is 1.55 bits per heavy atom. The summed E-state index contributed by atoms with van der Waals surface area (Å²) >= 11 is 0. The summed E-state index contributed by atoms with van der Waals surface area (Å²) in [5.41, 5.74) is 1.59. The van der Waals surface area contributed by atoms with Crippen LogP contribution in [0.2, 0.25) is 0 Å². The number of likely N-dealkylation sites (N-methyl/N-ethyl adjacent to an activating group) is 2. The Hall–Kier alpha value is -3.39. The van der Waals surface area contributed by atoms with Crippen LogP contribution < -0.4 is 15.4 Å². The minimum absolute atomic E-state index is 0.0780. The molecule has 0 aliphatic heterocycles. The number of ether oxygens (including phenoxy) is 1. The van der Waals surface area contributed by atoms with Gasteiger partial charge < -0.3 is 20.3 Å². The van der Waals surface area contributed by atoms with Crippen LogP contribution in [0.5, 0.6) is 5.75 Å². The average molecular weight is 398 g/mol. The van der Waals surface area contributed by atoms with Crippen LogP contribution in [-0.4, -0.2) is 68.9 Å². The molecule has 0 saturated heterocycles. The van der Waals surface area contributed by atoms with Crippen molar-refractivity contribution < 1.29 is 19.1 Å². The lowest BCUT2D eigenvalue weighted by Crippen LogP contribution is -2.38. The van der Waals surface area contributed by atoms with Crippen molar-refractivity contribution in [2.45, 2.75) is 0 Å². The van der Waals surface area contributed by atoms with Crippen LogP contribution in [-0.2, 0) is 9.59 Å². The number of benzene rings is 2. The Kier molecular flexibility index (Phi) is 7.73. The van der Waals surface area contributed by atoms with Gasteiger partial charge in [-0.05, 0) is 43.4 Å². The molecule has 0 atom stereocenters. The normalized spacial score (nSPS) is 10.4. The van der Waals surface area contributed by atoms with Crippen LogP contribution in [0.1, 0.15) is 10.4 Å². The van der Waals surface area contributed by atoms with Crippen molar-refractivity contribution in [2.24, 2.45) is 0 Å². The van der Waals surface area contributed by atoms with Crippen LogP contribution in [0.15, 0.2) is 48.5 Å². The van der Waals surface area contributed by atoms with E-state index in [1.54, 1.807) is 68.5 Å². The van der Waals surface area contributed by atoms with Gasteiger partial charge in [0.15, 0.2) is 0 Å². The Morgan fingerprint density at radius 1 is 0.897 bits per heavy atom. The molecule has 2 rings (SSSR count). The number of anilines is 2. The molecule has 0 radical (unpaired) electrons. The number of amides is 3. The zero-order valence-electron chi connectivity index (χ0n) is 17.1. The van der Waals surface area contributed by atoms with Crippen LogP contribution >= 0.6 is 0 Å². The molecule has 2 aromatic rings. The Morgan fingerprint density at radius 3 is 2.17 bits per heavy atom. The first-order chi connectivity index (χ1) is 13.8. The van der Waals surface area contributed by atoms with Gasteiger partial charge >= 0.3 is 0 Å². The average Bonchev–Trinajstić information content (AvgIpc) is 2.68. The minimum Gasteiger partial charge on any atom is -0.495 e. The van der Waals surface area contributed by atoms with Gasteiger partial charge in [-0.2, -0.15) is 0 Å². The summed E-state index contributed by atoms with van der Waals surface area (Å²) in [5.74, 6) is -0.0353. The third-order valence-corrected chi connectivity index (χ3v) is 4.10. The molecule has 0 aliphatic carbocycles. The van der Waals surface area contributed by atoms with Crippen LogP contribution in [0, 0.1) is 0 Å². The number of carbonyl (C=O) groups excluding carboxylic acids is 3. The second kappa shape index (κ2) is 10.2. The topological polar surface area (TPSA) is 91.0 Å². The standard InChI is InChI=1S/C21H26N4O4/c1-24(2)20(27)14-25(3)13-19(26)22-16-11-9-15(10-12-16)21(28)23-17-7-5-6-8-18(17)29-4/h5-12H,13-14H2,1-4H3,(H,22,26)(H,23,28). The fourth-order valence-corrected chi connectivity index (χ4v) is 2.52. The maximum Gasteiger partial charge on any atom is 0.255 e. The van der Waals surface area contributed by atoms with Crippen LogP contribution in [0.3, 0.4) is 0 Å². The monoisotopic (exact) mass is 398 g/mol. The number of methoxy groups -OCH3 is 1. The van der Waals surface area contributed by atoms with Crippen LogP contribution in [0.25, 0.3) is 0 Å². The number of hydrogen-bond acceptors (Lipinski definition) is 5. The summed E-state index contributed by atoms with van der Waals surface area (Å²) in [6.45, 7) is 0.234. The Labute approximate surface area is 170 Å². The molecule has 0 bridgehead atoms. The molecule has 8 nitrogen and oxygen atoms in total. The Balaban J connectivity index is 1.91. The molecule has 0 saturated carbocycles. The fraction of sp³-hybridized carbons (Fsp3) is 0.286. The van der Waals surface area contributed by atoms with Gasteiger partial charge in [-0.25, -0.2) is 0 Å². The van der Waals surface area contributed by atoms with E-state index in [-0.39, 0.29) is 30.8 Å². The smallest absolute Gasteiger partial charge is 0.255 e. The molecule has 2 N–H and O–H groups in total. The molecule has 0 fully saturated rings. The molecule has 0 heterocycles. The van der Waals surface area contributed by atoms with E-state index in [9.17, 15) is 14.4 Å². The van der Waals surface area contributed by atoms with E-state index in [1.165, 1.54) is 12.0 Å². The molecule has 8 heteroatoms. The van der Waals surface area contributed by atoms with E-state index in [0.29, 0.717) is 22.7 Å². The molecule has 3 amide bonds. The predicted octanol–water partition coefficient (Wildman–Crippen LogP) is 1.91. The van der Waals surface area contributed by atoms with Gasteiger partial charge in [-0.3, -0.25) is 19.3 Å². The number of nitrogens with zero attached hydrogens (tertiary/aromatic N) is 2. The molecule has 0 spiro atoms. The van der Waals surface area contributed by atoms with Crippen molar-refractivity contribution in [1.29, 1.82) is 0 Å². The first-order valence-corrected chi connectivity index (χ1v) is 9.03. The summed E-state index contributed by atoms with van der Waals surface area (Å²) in [6, 6.07) is 13.7. The van der Waals surface area contributed by atoms with Crippen molar-refractivity contribution in [1.82, 2.24) is 9.80 Å². The van der Waals surface area contributed by atoms with Gasteiger partial charge in [0.2, 0.25) is 11.8 Å². The maximum absolute atomic E-state index is 12.4. The van der Waals surface area contributed by atoms with Gasteiger partial charge in [-0.1, -0.05) is 12.1 Å².